The van der Waals surface area contributed by atoms with Crippen molar-refractivity contribution in [2.75, 3.05) is 29.8 Å². The zero-order chi connectivity index (χ0) is 19.0. The number of phenols is 2. The van der Waals surface area contributed by atoms with Crippen LogP contribution in [0.3, 0.4) is 0 Å². The van der Waals surface area contributed by atoms with E-state index in [0.717, 1.165) is 0 Å². The fourth-order valence-electron chi connectivity index (χ4n) is 3.11. The lowest BCUT2D eigenvalue weighted by molar-refractivity contribution is 0.250. The quantitative estimate of drug-likeness (QED) is 0.860. The predicted octanol–water partition coefficient (Wildman–Crippen LogP) is 3.14. The van der Waals surface area contributed by atoms with Gasteiger partial charge in [0.2, 0.25) is 0 Å². The van der Waals surface area contributed by atoms with E-state index in [4.69, 9.17) is 0 Å². The smallest absolute Gasteiger partial charge is 0.139 e. The number of phenolic OH excluding ortho intramolecular Hbond substituents is 2. The van der Waals surface area contributed by atoms with Gasteiger partial charge in [0.15, 0.2) is 0 Å². The Kier molecular flexibility index (Phi) is 4.23. The van der Waals surface area contributed by atoms with Gasteiger partial charge < -0.3 is 29.8 Å². The van der Waals surface area contributed by atoms with Crippen molar-refractivity contribution in [1.29, 1.82) is 0 Å². The van der Waals surface area contributed by atoms with Gasteiger partial charge >= 0.3 is 0 Å². The molecule has 2 N–H and O–H groups in total. The minimum atomic E-state index is -0.414. The Balaban J connectivity index is 1.38. The second-order valence-electron chi connectivity index (χ2n) is 6.40. The summed E-state index contributed by atoms with van der Waals surface area (Å²) in [6, 6.07) is 7.64. The number of anilines is 2. The van der Waals surface area contributed by atoms with Gasteiger partial charge in [-0.25, -0.2) is 8.78 Å². The molecule has 0 radical (unpaired) electrons. The van der Waals surface area contributed by atoms with Crippen LogP contribution in [0.25, 0.3) is 0 Å². The van der Waals surface area contributed by atoms with Crippen molar-refractivity contribution >= 4 is 11.4 Å². The van der Waals surface area contributed by atoms with Crippen molar-refractivity contribution in [3.63, 3.8) is 0 Å². The van der Waals surface area contributed by atoms with Crippen molar-refractivity contribution in [2.24, 2.45) is 0 Å². The molecule has 140 valence electrons. The Morgan fingerprint density at radius 1 is 0.704 bits per heavy atom. The molecule has 0 saturated heterocycles. The molecule has 0 unspecified atom stereocenters. The van der Waals surface area contributed by atoms with Crippen LogP contribution in [0.1, 0.15) is 0 Å². The highest BCUT2D eigenvalue weighted by Crippen LogP contribution is 2.32. The lowest BCUT2D eigenvalue weighted by Crippen LogP contribution is -2.36. The fraction of sp³-hybridized carbons (Fsp3) is 0.158. The van der Waals surface area contributed by atoms with E-state index in [1.54, 1.807) is 22.2 Å². The van der Waals surface area contributed by atoms with Crippen molar-refractivity contribution < 1.29 is 19.0 Å². The van der Waals surface area contributed by atoms with Crippen LogP contribution in [-0.2, 0) is 0 Å². The molecule has 2 heterocycles. The second-order valence-corrected chi connectivity index (χ2v) is 6.40. The molecular weight excluding hydrogens is 354 g/mol. The first-order valence-electron chi connectivity index (χ1n) is 8.35. The van der Waals surface area contributed by atoms with Crippen molar-refractivity contribution in [3.8, 4) is 11.5 Å². The molecule has 0 aliphatic carbocycles. The van der Waals surface area contributed by atoms with E-state index < -0.39 is 11.6 Å². The highest BCUT2D eigenvalue weighted by atomic mass is 19.1. The van der Waals surface area contributed by atoms with Crippen LogP contribution >= 0.6 is 0 Å². The van der Waals surface area contributed by atoms with E-state index in [1.165, 1.54) is 36.4 Å². The highest BCUT2D eigenvalue weighted by molar-refractivity contribution is 5.61. The average molecular weight is 372 g/mol. The molecule has 2 aromatic carbocycles. The molecule has 27 heavy (non-hydrogen) atoms. The van der Waals surface area contributed by atoms with Gasteiger partial charge in [-0.2, -0.15) is 0 Å². The molecule has 0 aromatic heterocycles. The number of aromatic hydroxyl groups is 2. The molecule has 2 aliphatic heterocycles. The van der Waals surface area contributed by atoms with Crippen molar-refractivity contribution in [3.05, 3.63) is 72.8 Å². The molecule has 0 amide bonds. The van der Waals surface area contributed by atoms with E-state index in [-0.39, 0.29) is 11.5 Å². The summed E-state index contributed by atoms with van der Waals surface area (Å²) >= 11 is 0. The molecule has 0 bridgehead atoms. The Hall–Kier alpha value is -3.42. The van der Waals surface area contributed by atoms with Crippen LogP contribution in [0.5, 0.6) is 11.5 Å². The summed E-state index contributed by atoms with van der Waals surface area (Å²) in [5, 5.41) is 19.9. The van der Waals surface area contributed by atoms with E-state index in [1.807, 2.05) is 22.2 Å². The molecule has 2 aliphatic rings. The molecule has 0 saturated carbocycles. The van der Waals surface area contributed by atoms with Crippen LogP contribution in [0.4, 0.5) is 20.2 Å². The van der Waals surface area contributed by atoms with Crippen LogP contribution in [0.15, 0.2) is 61.2 Å². The fourth-order valence-corrected chi connectivity index (χ4v) is 3.11. The molecule has 6 nitrogen and oxygen atoms in total. The molecule has 4 rings (SSSR count). The van der Waals surface area contributed by atoms with E-state index in [0.29, 0.717) is 31.4 Å². The summed E-state index contributed by atoms with van der Waals surface area (Å²) in [6.07, 6.45) is 7.23. The third kappa shape index (κ3) is 3.46. The van der Waals surface area contributed by atoms with Crippen molar-refractivity contribution in [2.45, 2.75) is 0 Å². The lowest BCUT2D eigenvalue weighted by atomic mass is 10.2. The molecule has 0 atom stereocenters. The lowest BCUT2D eigenvalue weighted by Gasteiger charge is -2.28. The maximum absolute atomic E-state index is 13.4. The molecule has 0 fully saturated rings. The van der Waals surface area contributed by atoms with E-state index in [9.17, 15) is 19.0 Å². The van der Waals surface area contributed by atoms with Gasteiger partial charge in [-0.05, 0) is 24.3 Å². The van der Waals surface area contributed by atoms with Gasteiger partial charge in [0.25, 0.3) is 0 Å². The normalized spacial score (nSPS) is 16.1. The minimum Gasteiger partial charge on any atom is -0.506 e. The monoisotopic (exact) mass is 372 g/mol. The van der Waals surface area contributed by atoms with Gasteiger partial charge in [-0.3, -0.25) is 0 Å². The first-order chi connectivity index (χ1) is 13.0. The topological polar surface area (TPSA) is 53.4 Å². The maximum Gasteiger partial charge on any atom is 0.139 e. The highest BCUT2D eigenvalue weighted by Gasteiger charge is 2.22. The molecule has 8 heteroatoms. The number of nitrogens with zero attached hydrogens (tertiary/aromatic N) is 4. The summed E-state index contributed by atoms with van der Waals surface area (Å²) in [5.74, 6) is -0.807. The van der Waals surface area contributed by atoms with Gasteiger partial charge in [-0.15, -0.1) is 0 Å². The Bertz CT molecular complexity index is 845. The SMILES string of the molecule is Oc1ccc(F)cc1N1C=CN(CN2C=CN(c3cc(F)ccc3O)C2)C1. The second kappa shape index (κ2) is 6.71. The summed E-state index contributed by atoms with van der Waals surface area (Å²) in [4.78, 5) is 7.44. The summed E-state index contributed by atoms with van der Waals surface area (Å²) in [6.45, 7) is 1.44. The standard InChI is InChI=1S/C19H18F2N4O2/c20-14-1-3-18(26)16(9-14)24-7-5-22(12-24)11-23-6-8-25(13-23)17-10-15(21)2-4-19(17)27/h1-10,26-27H,11-13H2. The van der Waals surface area contributed by atoms with E-state index >= 15 is 0 Å². The number of hydrogen-bond donors (Lipinski definition) is 2. The summed E-state index contributed by atoms with van der Waals surface area (Å²) in [7, 11) is 0. The van der Waals surface area contributed by atoms with Gasteiger partial charge in [0.05, 0.1) is 31.4 Å². The predicted molar refractivity (Wildman–Crippen MR) is 97.6 cm³/mol. The van der Waals surface area contributed by atoms with Gasteiger partial charge in [0, 0.05) is 36.9 Å². The van der Waals surface area contributed by atoms with E-state index in [2.05, 4.69) is 0 Å². The third-order valence-electron chi connectivity index (χ3n) is 4.44. The zero-order valence-electron chi connectivity index (χ0n) is 14.3. The summed E-state index contributed by atoms with van der Waals surface area (Å²) < 4.78 is 26.9. The first-order valence-corrected chi connectivity index (χ1v) is 8.35. The Morgan fingerprint density at radius 2 is 1.15 bits per heavy atom. The van der Waals surface area contributed by atoms with Crippen LogP contribution in [0, 0.1) is 11.6 Å². The number of halogens is 2. The number of hydrogen-bond acceptors (Lipinski definition) is 6. The maximum atomic E-state index is 13.4. The van der Waals surface area contributed by atoms with Gasteiger partial charge in [-0.1, -0.05) is 0 Å². The average Bonchev–Trinajstić information content (AvgIpc) is 3.29. The van der Waals surface area contributed by atoms with Crippen LogP contribution < -0.4 is 9.80 Å². The van der Waals surface area contributed by atoms with Crippen LogP contribution in [-0.4, -0.2) is 40.0 Å². The number of benzene rings is 2. The molecule has 2 aromatic rings. The minimum absolute atomic E-state index is 0.0109. The molecular formula is C19H18F2N4O2. The van der Waals surface area contributed by atoms with Gasteiger partial charge in [0.1, 0.15) is 23.1 Å². The van der Waals surface area contributed by atoms with Crippen molar-refractivity contribution in [1.82, 2.24) is 9.80 Å². The Morgan fingerprint density at radius 3 is 1.59 bits per heavy atom. The Labute approximate surface area is 155 Å². The molecule has 0 spiro atoms. The number of rotatable bonds is 4. The third-order valence-corrected chi connectivity index (χ3v) is 4.44. The summed E-state index contributed by atoms with van der Waals surface area (Å²) in [5.41, 5.74) is 0.800. The largest absolute Gasteiger partial charge is 0.506 e. The van der Waals surface area contributed by atoms with Crippen LogP contribution in [0.2, 0.25) is 0 Å². The first kappa shape index (κ1) is 17.0. The zero-order valence-corrected chi connectivity index (χ0v) is 14.3.